The van der Waals surface area contributed by atoms with Crippen molar-refractivity contribution in [2.24, 2.45) is 5.10 Å². The van der Waals surface area contributed by atoms with E-state index in [1.165, 1.54) is 11.3 Å². The van der Waals surface area contributed by atoms with Gasteiger partial charge in [-0.25, -0.2) is 10.4 Å². The zero-order valence-corrected chi connectivity index (χ0v) is 16.3. The van der Waals surface area contributed by atoms with Gasteiger partial charge in [0.05, 0.1) is 5.69 Å². The second-order valence-electron chi connectivity index (χ2n) is 6.74. The van der Waals surface area contributed by atoms with Crippen LogP contribution in [0.25, 0.3) is 21.3 Å². The molecule has 1 heterocycles. The number of ketones is 1. The topological polar surface area (TPSA) is 71.4 Å². The normalized spacial score (nSPS) is 14.0. The van der Waals surface area contributed by atoms with E-state index in [2.05, 4.69) is 15.5 Å². The van der Waals surface area contributed by atoms with Gasteiger partial charge in [0.15, 0.2) is 0 Å². The van der Waals surface area contributed by atoms with E-state index in [1.807, 2.05) is 60.7 Å². The van der Waals surface area contributed by atoms with E-state index in [9.17, 15) is 9.59 Å². The number of nitrogens with one attached hydrogen (secondary N) is 1. The summed E-state index contributed by atoms with van der Waals surface area (Å²) in [5, 5.41) is 6.83. The Labute approximate surface area is 170 Å². The summed E-state index contributed by atoms with van der Waals surface area (Å²) in [6.45, 7) is 1.79. The van der Waals surface area contributed by atoms with Gasteiger partial charge in [0.1, 0.15) is 15.6 Å². The lowest BCUT2D eigenvalue weighted by Crippen LogP contribution is -2.22. The summed E-state index contributed by atoms with van der Waals surface area (Å²) in [5.41, 5.74) is 5.77. The minimum atomic E-state index is -0.370. The lowest BCUT2D eigenvalue weighted by atomic mass is 10.1. The molecule has 4 aromatic rings. The van der Waals surface area contributed by atoms with Gasteiger partial charge >= 0.3 is 0 Å². The van der Waals surface area contributed by atoms with E-state index >= 15 is 0 Å². The number of carbonyl (C=O) groups is 2. The van der Waals surface area contributed by atoms with Gasteiger partial charge < -0.3 is 0 Å². The van der Waals surface area contributed by atoms with Gasteiger partial charge in [-0.15, -0.1) is 11.3 Å². The van der Waals surface area contributed by atoms with Crippen molar-refractivity contribution in [2.45, 2.75) is 6.92 Å². The molecule has 29 heavy (non-hydrogen) atoms. The molecule has 5 rings (SSSR count). The van der Waals surface area contributed by atoms with Crippen LogP contribution in [-0.4, -0.2) is 22.4 Å². The van der Waals surface area contributed by atoms with Crippen LogP contribution in [-0.2, 0) is 0 Å². The molecule has 0 atom stereocenters. The number of hydrazone groups is 1. The Kier molecular flexibility index (Phi) is 4.07. The third kappa shape index (κ3) is 2.85. The van der Waals surface area contributed by atoms with E-state index in [0.29, 0.717) is 16.1 Å². The van der Waals surface area contributed by atoms with Gasteiger partial charge in [0, 0.05) is 22.1 Å². The van der Waals surface area contributed by atoms with Gasteiger partial charge in [-0.3, -0.25) is 9.59 Å². The fourth-order valence-corrected chi connectivity index (χ4v) is 4.52. The van der Waals surface area contributed by atoms with E-state index in [1.54, 1.807) is 13.0 Å². The molecule has 140 valence electrons. The molecule has 1 N–H and O–H groups in total. The summed E-state index contributed by atoms with van der Waals surface area (Å²) in [4.78, 5) is 30.5. The number of hydrogen-bond acceptors (Lipinski definition) is 5. The average Bonchev–Trinajstić information content (AvgIpc) is 3.27. The van der Waals surface area contributed by atoms with E-state index < -0.39 is 0 Å². The molecule has 0 fully saturated rings. The Morgan fingerprint density at radius 1 is 0.966 bits per heavy atom. The number of aryl methyl sites for hydroxylation is 1. The van der Waals surface area contributed by atoms with Gasteiger partial charge in [-0.1, -0.05) is 66.7 Å². The zero-order valence-electron chi connectivity index (χ0n) is 15.5. The Bertz CT molecular complexity index is 1320. The summed E-state index contributed by atoms with van der Waals surface area (Å²) < 4.78 is 0. The number of Topliss-reactive ketones (excluding diaryl/α,β-unsaturated/α-hetero) is 1. The Morgan fingerprint density at radius 2 is 1.69 bits per heavy atom. The molecule has 0 bridgehead atoms. The zero-order chi connectivity index (χ0) is 20.0. The lowest BCUT2D eigenvalue weighted by molar-refractivity contribution is 0.0958. The lowest BCUT2D eigenvalue weighted by Gasteiger charge is -2.01. The Balaban J connectivity index is 1.46. The van der Waals surface area contributed by atoms with Gasteiger partial charge in [0.2, 0.25) is 5.78 Å². The highest BCUT2D eigenvalue weighted by atomic mass is 32.1. The molecule has 0 saturated heterocycles. The number of carbonyl (C=O) groups excluding carboxylic acids is 2. The molecule has 0 aliphatic heterocycles. The Morgan fingerprint density at radius 3 is 2.45 bits per heavy atom. The summed E-state index contributed by atoms with van der Waals surface area (Å²) in [6.07, 6.45) is 0. The number of benzene rings is 3. The fourth-order valence-electron chi connectivity index (χ4n) is 3.56. The third-order valence-corrected chi connectivity index (χ3v) is 6.12. The van der Waals surface area contributed by atoms with Crippen LogP contribution in [0, 0.1) is 6.92 Å². The predicted octanol–water partition coefficient (Wildman–Crippen LogP) is 4.60. The van der Waals surface area contributed by atoms with Gasteiger partial charge in [-0.2, -0.15) is 5.10 Å². The van der Waals surface area contributed by atoms with Crippen LogP contribution in [0.5, 0.6) is 0 Å². The van der Waals surface area contributed by atoms with E-state index in [0.717, 1.165) is 26.9 Å². The molecular formula is C23H15N3O2S. The molecule has 0 saturated carbocycles. The molecule has 1 aliphatic rings. The van der Waals surface area contributed by atoms with Crippen LogP contribution < -0.4 is 5.43 Å². The first-order valence-electron chi connectivity index (χ1n) is 9.11. The molecule has 1 aromatic heterocycles. The molecule has 3 aromatic carbocycles. The maximum absolute atomic E-state index is 12.8. The first kappa shape index (κ1) is 17.5. The quantitative estimate of drug-likeness (QED) is 0.514. The molecule has 0 radical (unpaired) electrons. The van der Waals surface area contributed by atoms with Gasteiger partial charge in [0.25, 0.3) is 5.91 Å². The molecule has 0 spiro atoms. The van der Waals surface area contributed by atoms with Crippen LogP contribution >= 0.6 is 11.3 Å². The molecule has 0 unspecified atom stereocenters. The highest BCUT2D eigenvalue weighted by Gasteiger charge is 2.29. The standard InChI is InChI=1S/C23H15N3O2S/c1-13-21(29-23(24-13)15-7-3-2-4-8-15)22(28)26-25-19-16-11-5-9-14-10-6-12-17(18(14)16)20(19)27/h2-12H,1H3,(H,26,28)/b25-19+. The third-order valence-electron chi connectivity index (χ3n) is 4.91. The van der Waals surface area contributed by atoms with Crippen LogP contribution in [0.4, 0.5) is 0 Å². The van der Waals surface area contributed by atoms with Crippen LogP contribution in [0.15, 0.2) is 71.8 Å². The number of amides is 1. The average molecular weight is 397 g/mol. The maximum atomic E-state index is 12.8. The number of thiazole rings is 1. The highest BCUT2D eigenvalue weighted by molar-refractivity contribution is 7.17. The summed E-state index contributed by atoms with van der Waals surface area (Å²) in [6, 6.07) is 21.0. The van der Waals surface area contributed by atoms with Gasteiger partial charge in [-0.05, 0) is 12.3 Å². The number of nitrogens with zero attached hydrogens (tertiary/aromatic N) is 2. The smallest absolute Gasteiger partial charge is 0.283 e. The van der Waals surface area contributed by atoms with E-state index in [-0.39, 0.29) is 17.4 Å². The Hall–Kier alpha value is -3.64. The van der Waals surface area contributed by atoms with Crippen molar-refractivity contribution in [2.75, 3.05) is 0 Å². The summed E-state index contributed by atoms with van der Waals surface area (Å²) in [5.74, 6) is -0.547. The first-order chi connectivity index (χ1) is 14.1. The second-order valence-corrected chi connectivity index (χ2v) is 7.74. The summed E-state index contributed by atoms with van der Waals surface area (Å²) >= 11 is 1.31. The van der Waals surface area contributed by atoms with Crippen molar-refractivity contribution in [1.82, 2.24) is 10.4 Å². The summed E-state index contributed by atoms with van der Waals surface area (Å²) in [7, 11) is 0. The first-order valence-corrected chi connectivity index (χ1v) is 9.93. The maximum Gasteiger partial charge on any atom is 0.283 e. The highest BCUT2D eigenvalue weighted by Crippen LogP contribution is 2.31. The van der Waals surface area contributed by atoms with Crippen molar-refractivity contribution in [1.29, 1.82) is 0 Å². The minimum absolute atomic E-state index is 0.178. The van der Waals surface area contributed by atoms with E-state index in [4.69, 9.17) is 0 Å². The van der Waals surface area contributed by atoms with Crippen molar-refractivity contribution >= 4 is 39.5 Å². The molecular weight excluding hydrogens is 382 g/mol. The monoisotopic (exact) mass is 397 g/mol. The van der Waals surface area contributed by atoms with Crippen LogP contribution in [0.2, 0.25) is 0 Å². The van der Waals surface area contributed by atoms with Crippen LogP contribution in [0.3, 0.4) is 0 Å². The SMILES string of the molecule is Cc1nc(-c2ccccc2)sc1C(=O)N/N=C1/C(=O)c2cccc3cccc1c23. The van der Waals surface area contributed by atoms with Crippen molar-refractivity contribution in [3.05, 3.63) is 88.4 Å². The fraction of sp³-hybridized carbons (Fsp3) is 0.0435. The van der Waals surface area contributed by atoms with Crippen molar-refractivity contribution in [3.8, 4) is 10.6 Å². The molecule has 5 nitrogen and oxygen atoms in total. The van der Waals surface area contributed by atoms with Crippen molar-refractivity contribution in [3.63, 3.8) is 0 Å². The van der Waals surface area contributed by atoms with Crippen molar-refractivity contribution < 1.29 is 9.59 Å². The minimum Gasteiger partial charge on any atom is -0.287 e. The molecule has 6 heteroatoms. The molecule has 1 aliphatic carbocycles. The van der Waals surface area contributed by atoms with Crippen LogP contribution in [0.1, 0.15) is 31.3 Å². The number of rotatable bonds is 3. The largest absolute Gasteiger partial charge is 0.287 e. The number of aromatic nitrogens is 1. The number of hydrogen-bond donors (Lipinski definition) is 1. The molecule has 1 amide bonds. The predicted molar refractivity (Wildman–Crippen MR) is 115 cm³/mol. The second kappa shape index (κ2) is 6.76.